The monoisotopic (exact) mass is 298 g/mol. The van der Waals surface area contributed by atoms with Gasteiger partial charge in [0.25, 0.3) is 0 Å². The average molecular weight is 298 g/mol. The summed E-state index contributed by atoms with van der Waals surface area (Å²) in [4.78, 5) is 25.1. The fraction of sp³-hybridized carbons (Fsp3) is 0.867. The highest BCUT2D eigenvalue weighted by atomic mass is 16.4. The maximum absolute atomic E-state index is 11.6. The SMILES string of the molecule is CC1(C=O)CCCCN1C1(CCO)CC(C(=O)O)CCN1. The van der Waals surface area contributed by atoms with Crippen LogP contribution >= 0.6 is 0 Å². The van der Waals surface area contributed by atoms with Gasteiger partial charge in [-0.05, 0) is 45.6 Å². The molecule has 2 aliphatic heterocycles. The second-order valence-electron chi connectivity index (χ2n) is 6.54. The van der Waals surface area contributed by atoms with E-state index in [9.17, 15) is 19.8 Å². The first kappa shape index (κ1) is 16.4. The van der Waals surface area contributed by atoms with Crippen LogP contribution in [0.1, 0.15) is 45.4 Å². The van der Waals surface area contributed by atoms with E-state index in [1.54, 1.807) is 0 Å². The van der Waals surface area contributed by atoms with Crippen molar-refractivity contribution in [3.8, 4) is 0 Å². The molecule has 0 amide bonds. The van der Waals surface area contributed by atoms with Crippen LogP contribution < -0.4 is 5.32 Å². The lowest BCUT2D eigenvalue weighted by Crippen LogP contribution is -2.70. The number of carboxylic acids is 1. The predicted molar refractivity (Wildman–Crippen MR) is 77.8 cm³/mol. The molecule has 6 heteroatoms. The standard InChI is InChI=1S/C15H26N2O4/c1-14(11-19)5-2-3-8-17(14)15(6-9-18)10-12(13(20)21)4-7-16-15/h11-12,16,18H,2-10H2,1H3,(H,20,21). The van der Waals surface area contributed by atoms with Gasteiger partial charge in [0, 0.05) is 19.6 Å². The molecule has 0 aromatic carbocycles. The van der Waals surface area contributed by atoms with Crippen molar-refractivity contribution >= 4 is 12.3 Å². The van der Waals surface area contributed by atoms with E-state index in [1.807, 2.05) is 6.92 Å². The smallest absolute Gasteiger partial charge is 0.306 e. The first-order valence-electron chi connectivity index (χ1n) is 7.80. The molecule has 0 aliphatic carbocycles. The van der Waals surface area contributed by atoms with Crippen molar-refractivity contribution in [2.24, 2.45) is 5.92 Å². The predicted octanol–water partition coefficient (Wildman–Crippen LogP) is 0.593. The van der Waals surface area contributed by atoms with Crippen molar-refractivity contribution in [2.75, 3.05) is 19.7 Å². The van der Waals surface area contributed by atoms with Crippen molar-refractivity contribution in [3.63, 3.8) is 0 Å². The van der Waals surface area contributed by atoms with Gasteiger partial charge in [-0.15, -0.1) is 0 Å². The molecule has 0 aromatic rings. The fourth-order valence-corrected chi connectivity index (χ4v) is 3.96. The molecular formula is C15H26N2O4. The summed E-state index contributed by atoms with van der Waals surface area (Å²) in [5.41, 5.74) is -1.17. The normalized spacial score (nSPS) is 38.1. The number of hydrogen-bond acceptors (Lipinski definition) is 5. The van der Waals surface area contributed by atoms with E-state index in [-0.39, 0.29) is 6.61 Å². The van der Waals surface area contributed by atoms with Crippen LogP contribution in [-0.2, 0) is 9.59 Å². The summed E-state index contributed by atoms with van der Waals surface area (Å²) < 4.78 is 0. The molecular weight excluding hydrogens is 272 g/mol. The molecule has 3 atom stereocenters. The number of aliphatic carboxylic acids is 1. The second-order valence-corrected chi connectivity index (χ2v) is 6.54. The molecule has 21 heavy (non-hydrogen) atoms. The zero-order valence-electron chi connectivity index (χ0n) is 12.7. The Morgan fingerprint density at radius 2 is 2.24 bits per heavy atom. The van der Waals surface area contributed by atoms with Crippen LogP contribution in [0.25, 0.3) is 0 Å². The van der Waals surface area contributed by atoms with Crippen molar-refractivity contribution in [3.05, 3.63) is 0 Å². The van der Waals surface area contributed by atoms with E-state index in [2.05, 4.69) is 10.2 Å². The van der Waals surface area contributed by atoms with E-state index in [1.165, 1.54) is 0 Å². The van der Waals surface area contributed by atoms with Gasteiger partial charge in [0.05, 0.1) is 17.1 Å². The first-order chi connectivity index (χ1) is 9.97. The summed E-state index contributed by atoms with van der Waals surface area (Å²) in [6.07, 6.45) is 5.24. The third-order valence-electron chi connectivity index (χ3n) is 5.11. The number of carbonyl (C=O) groups excluding carboxylic acids is 1. The Morgan fingerprint density at radius 1 is 1.48 bits per heavy atom. The van der Waals surface area contributed by atoms with E-state index < -0.39 is 23.1 Å². The third kappa shape index (κ3) is 3.12. The lowest BCUT2D eigenvalue weighted by Gasteiger charge is -2.56. The minimum absolute atomic E-state index is 0.0230. The number of aldehydes is 1. The lowest BCUT2D eigenvalue weighted by molar-refractivity contribution is -0.150. The summed E-state index contributed by atoms with van der Waals surface area (Å²) in [7, 11) is 0. The van der Waals surface area contributed by atoms with Crippen LogP contribution in [-0.4, -0.2) is 58.3 Å². The number of aliphatic hydroxyl groups is 1. The molecule has 3 unspecified atom stereocenters. The minimum atomic E-state index is -0.788. The van der Waals surface area contributed by atoms with Gasteiger partial charge in [0.2, 0.25) is 0 Å². The molecule has 6 nitrogen and oxygen atoms in total. The average Bonchev–Trinajstić information content (AvgIpc) is 2.48. The Bertz CT molecular complexity index is 399. The Kier molecular flexibility index (Phi) is 5.01. The van der Waals surface area contributed by atoms with Crippen molar-refractivity contribution in [1.82, 2.24) is 10.2 Å². The van der Waals surface area contributed by atoms with Crippen LogP contribution in [0.2, 0.25) is 0 Å². The van der Waals surface area contributed by atoms with E-state index in [0.29, 0.717) is 25.8 Å². The van der Waals surface area contributed by atoms with Crippen molar-refractivity contribution in [2.45, 2.75) is 56.7 Å². The number of likely N-dealkylation sites (tertiary alicyclic amines) is 1. The molecule has 2 aliphatic rings. The number of carbonyl (C=O) groups is 2. The third-order valence-corrected chi connectivity index (χ3v) is 5.11. The Hall–Kier alpha value is -0.980. The molecule has 0 saturated carbocycles. The Balaban J connectivity index is 2.31. The highest BCUT2D eigenvalue weighted by Crippen LogP contribution is 2.39. The van der Waals surface area contributed by atoms with Crippen LogP contribution in [0.4, 0.5) is 0 Å². The van der Waals surface area contributed by atoms with Crippen molar-refractivity contribution in [1.29, 1.82) is 0 Å². The number of hydrogen-bond donors (Lipinski definition) is 3. The van der Waals surface area contributed by atoms with Crippen LogP contribution in [0.15, 0.2) is 0 Å². The zero-order valence-corrected chi connectivity index (χ0v) is 12.7. The van der Waals surface area contributed by atoms with Gasteiger partial charge < -0.3 is 15.0 Å². The molecule has 2 rings (SSSR count). The number of carboxylic acid groups (broad SMARTS) is 1. The highest BCUT2D eigenvalue weighted by molar-refractivity contribution is 5.70. The van der Waals surface area contributed by atoms with Gasteiger partial charge >= 0.3 is 5.97 Å². The van der Waals surface area contributed by atoms with Gasteiger partial charge in [-0.25, -0.2) is 0 Å². The fourth-order valence-electron chi connectivity index (χ4n) is 3.96. The van der Waals surface area contributed by atoms with Gasteiger partial charge in [-0.3, -0.25) is 15.0 Å². The highest BCUT2D eigenvalue weighted by Gasteiger charge is 2.50. The van der Waals surface area contributed by atoms with Crippen LogP contribution in [0, 0.1) is 5.92 Å². The van der Waals surface area contributed by atoms with Crippen LogP contribution in [0.5, 0.6) is 0 Å². The Labute approximate surface area is 125 Å². The first-order valence-corrected chi connectivity index (χ1v) is 7.80. The number of rotatable bonds is 5. The van der Waals surface area contributed by atoms with Gasteiger partial charge in [0.15, 0.2) is 0 Å². The molecule has 0 aromatic heterocycles. The summed E-state index contributed by atoms with van der Waals surface area (Å²) >= 11 is 0. The maximum Gasteiger partial charge on any atom is 0.306 e. The molecule has 3 N–H and O–H groups in total. The number of nitrogens with zero attached hydrogens (tertiary/aromatic N) is 1. The topological polar surface area (TPSA) is 89.9 Å². The summed E-state index contributed by atoms with van der Waals surface area (Å²) in [5.74, 6) is -1.21. The summed E-state index contributed by atoms with van der Waals surface area (Å²) in [6, 6.07) is 0. The molecule has 0 spiro atoms. The summed E-state index contributed by atoms with van der Waals surface area (Å²) in [5, 5.41) is 22.2. The van der Waals surface area contributed by atoms with E-state index in [0.717, 1.165) is 32.1 Å². The molecule has 120 valence electrons. The molecule has 0 bridgehead atoms. The molecule has 2 saturated heterocycles. The zero-order chi connectivity index (χ0) is 15.5. The number of nitrogens with one attached hydrogen (secondary N) is 1. The van der Waals surface area contributed by atoms with Gasteiger partial charge in [-0.1, -0.05) is 0 Å². The number of aliphatic hydroxyl groups excluding tert-OH is 1. The lowest BCUT2D eigenvalue weighted by atomic mass is 9.79. The quantitative estimate of drug-likeness (QED) is 0.644. The number of piperidine rings is 2. The van der Waals surface area contributed by atoms with E-state index >= 15 is 0 Å². The Morgan fingerprint density at radius 3 is 2.86 bits per heavy atom. The maximum atomic E-state index is 11.6. The van der Waals surface area contributed by atoms with Gasteiger partial charge in [0.1, 0.15) is 6.29 Å². The molecule has 2 fully saturated rings. The molecule has 2 heterocycles. The van der Waals surface area contributed by atoms with Crippen molar-refractivity contribution < 1.29 is 19.8 Å². The van der Waals surface area contributed by atoms with Crippen LogP contribution in [0.3, 0.4) is 0 Å². The van der Waals surface area contributed by atoms with Gasteiger partial charge in [-0.2, -0.15) is 0 Å². The largest absolute Gasteiger partial charge is 0.481 e. The van der Waals surface area contributed by atoms with E-state index in [4.69, 9.17) is 0 Å². The second kappa shape index (κ2) is 6.42. The molecule has 0 radical (unpaired) electrons. The minimum Gasteiger partial charge on any atom is -0.481 e. The summed E-state index contributed by atoms with van der Waals surface area (Å²) in [6.45, 7) is 3.26.